The molecule has 1 N–H and O–H groups in total. The Bertz CT molecular complexity index is 296. The number of carbonyl (C=O) groups excluding carboxylic acids is 1. The second-order valence-corrected chi connectivity index (χ2v) is 3.90. The van der Waals surface area contributed by atoms with E-state index in [1.807, 2.05) is 37.3 Å². The van der Waals surface area contributed by atoms with Crippen LogP contribution in [0.4, 0.5) is 0 Å². The largest absolute Gasteiger partial charge is 0.379 e. The zero-order valence-corrected chi connectivity index (χ0v) is 10.4. The Morgan fingerprint density at radius 2 is 1.88 bits per heavy atom. The predicted molar refractivity (Wildman–Crippen MR) is 69.4 cm³/mol. The van der Waals surface area contributed by atoms with E-state index in [1.165, 1.54) is 0 Å². The lowest BCUT2D eigenvalue weighted by Crippen LogP contribution is -2.30. The minimum atomic E-state index is 0.244. The molecule has 0 radical (unpaired) electrons. The minimum Gasteiger partial charge on any atom is -0.379 e. The molecule has 1 saturated heterocycles. The monoisotopic (exact) mass is 235 g/mol. The van der Waals surface area contributed by atoms with Gasteiger partial charge in [-0.1, -0.05) is 37.3 Å². The van der Waals surface area contributed by atoms with Crippen molar-refractivity contribution in [1.82, 2.24) is 5.32 Å². The molecule has 0 bridgehead atoms. The zero-order valence-electron chi connectivity index (χ0n) is 10.4. The van der Waals surface area contributed by atoms with E-state index in [-0.39, 0.29) is 5.78 Å². The molecule has 1 fully saturated rings. The molecule has 1 aliphatic rings. The van der Waals surface area contributed by atoms with Crippen molar-refractivity contribution in [3.05, 3.63) is 35.9 Å². The maximum Gasteiger partial charge on any atom is 0.162 e. The molecule has 0 saturated carbocycles. The van der Waals surface area contributed by atoms with Crippen molar-refractivity contribution in [3.63, 3.8) is 0 Å². The topological polar surface area (TPSA) is 38.3 Å². The smallest absolute Gasteiger partial charge is 0.162 e. The van der Waals surface area contributed by atoms with E-state index in [9.17, 15) is 4.79 Å². The van der Waals surface area contributed by atoms with Crippen molar-refractivity contribution in [3.8, 4) is 0 Å². The summed E-state index contributed by atoms with van der Waals surface area (Å²) in [6, 6.07) is 9.42. The van der Waals surface area contributed by atoms with Gasteiger partial charge in [-0.3, -0.25) is 4.79 Å². The summed E-state index contributed by atoms with van der Waals surface area (Å²) < 4.78 is 5.01. The van der Waals surface area contributed by atoms with Gasteiger partial charge in [0.2, 0.25) is 0 Å². The summed E-state index contributed by atoms with van der Waals surface area (Å²) in [6.45, 7) is 5.85. The molecule has 1 aromatic rings. The van der Waals surface area contributed by atoms with E-state index >= 15 is 0 Å². The van der Waals surface area contributed by atoms with E-state index in [4.69, 9.17) is 4.74 Å². The number of rotatable bonds is 3. The van der Waals surface area contributed by atoms with Crippen LogP contribution in [0.25, 0.3) is 0 Å². The molecular formula is C14H21NO2. The molecule has 3 heteroatoms. The molecule has 94 valence electrons. The summed E-state index contributed by atoms with van der Waals surface area (Å²) in [5, 5.41) is 3.16. The average molecular weight is 235 g/mol. The molecule has 17 heavy (non-hydrogen) atoms. The Morgan fingerprint density at radius 3 is 2.29 bits per heavy atom. The normalized spacial score (nSPS) is 14.6. The SMILES string of the molecule is C1COCCN1.CCCC(=O)c1ccccc1. The van der Waals surface area contributed by atoms with Crippen LogP contribution < -0.4 is 5.32 Å². The van der Waals surface area contributed by atoms with Crippen LogP contribution in [0, 0.1) is 0 Å². The van der Waals surface area contributed by atoms with Crippen LogP contribution in [-0.2, 0) is 4.74 Å². The van der Waals surface area contributed by atoms with Crippen molar-refractivity contribution in [2.45, 2.75) is 19.8 Å². The fourth-order valence-corrected chi connectivity index (χ4v) is 1.51. The van der Waals surface area contributed by atoms with Crippen molar-refractivity contribution < 1.29 is 9.53 Å². The van der Waals surface area contributed by atoms with Gasteiger partial charge in [0.1, 0.15) is 0 Å². The van der Waals surface area contributed by atoms with Crippen LogP contribution in [-0.4, -0.2) is 32.1 Å². The van der Waals surface area contributed by atoms with E-state index < -0.39 is 0 Å². The molecular weight excluding hydrogens is 214 g/mol. The number of carbonyl (C=O) groups is 1. The molecule has 0 aliphatic carbocycles. The fraction of sp³-hybridized carbons (Fsp3) is 0.500. The quantitative estimate of drug-likeness (QED) is 0.817. The molecule has 0 aromatic heterocycles. The first-order chi connectivity index (χ1) is 8.34. The highest BCUT2D eigenvalue weighted by molar-refractivity contribution is 5.95. The maximum absolute atomic E-state index is 11.2. The number of nitrogens with one attached hydrogen (secondary N) is 1. The third-order valence-corrected chi connectivity index (χ3v) is 2.42. The lowest BCUT2D eigenvalue weighted by molar-refractivity contribution is 0.0981. The van der Waals surface area contributed by atoms with Crippen LogP contribution in [0.2, 0.25) is 0 Å². The maximum atomic E-state index is 11.2. The summed E-state index contributed by atoms with van der Waals surface area (Å²) in [5.74, 6) is 0.244. The molecule has 3 nitrogen and oxygen atoms in total. The van der Waals surface area contributed by atoms with Crippen LogP contribution in [0.3, 0.4) is 0 Å². The Hall–Kier alpha value is -1.19. The fourth-order valence-electron chi connectivity index (χ4n) is 1.51. The van der Waals surface area contributed by atoms with Gasteiger partial charge < -0.3 is 10.1 Å². The Balaban J connectivity index is 0.000000202. The van der Waals surface area contributed by atoms with Crippen molar-refractivity contribution in [2.24, 2.45) is 0 Å². The van der Waals surface area contributed by atoms with Crippen LogP contribution >= 0.6 is 0 Å². The second-order valence-electron chi connectivity index (χ2n) is 3.90. The summed E-state index contributed by atoms with van der Waals surface area (Å²) in [5.41, 5.74) is 0.828. The van der Waals surface area contributed by atoms with Crippen molar-refractivity contribution in [1.29, 1.82) is 0 Å². The number of ether oxygens (including phenoxy) is 1. The minimum absolute atomic E-state index is 0.244. The van der Waals surface area contributed by atoms with E-state index in [0.717, 1.165) is 38.3 Å². The number of ketones is 1. The first-order valence-corrected chi connectivity index (χ1v) is 6.21. The van der Waals surface area contributed by atoms with Gasteiger partial charge in [0.25, 0.3) is 0 Å². The number of morpholine rings is 1. The first kappa shape index (κ1) is 13.9. The number of Topliss-reactive ketones (excluding diaryl/α,β-unsaturated/α-hetero) is 1. The van der Waals surface area contributed by atoms with Gasteiger partial charge in [0.15, 0.2) is 5.78 Å². The van der Waals surface area contributed by atoms with Crippen LogP contribution in [0.15, 0.2) is 30.3 Å². The molecule has 0 atom stereocenters. The summed E-state index contributed by atoms with van der Waals surface area (Å²) in [7, 11) is 0. The number of hydrogen-bond donors (Lipinski definition) is 1. The van der Waals surface area contributed by atoms with Gasteiger partial charge in [-0.2, -0.15) is 0 Å². The third kappa shape index (κ3) is 6.19. The van der Waals surface area contributed by atoms with Gasteiger partial charge in [-0.15, -0.1) is 0 Å². The molecule has 0 amide bonds. The van der Waals surface area contributed by atoms with Gasteiger partial charge in [-0.25, -0.2) is 0 Å². The van der Waals surface area contributed by atoms with E-state index in [0.29, 0.717) is 6.42 Å². The Morgan fingerprint density at radius 1 is 1.24 bits per heavy atom. The van der Waals surface area contributed by atoms with Crippen LogP contribution in [0.1, 0.15) is 30.1 Å². The lowest BCUT2D eigenvalue weighted by atomic mass is 10.1. The highest BCUT2D eigenvalue weighted by Gasteiger charge is 2.01. The highest BCUT2D eigenvalue weighted by Crippen LogP contribution is 2.03. The van der Waals surface area contributed by atoms with Gasteiger partial charge in [0, 0.05) is 25.1 Å². The molecule has 0 unspecified atom stereocenters. The summed E-state index contributed by atoms with van der Waals surface area (Å²) >= 11 is 0. The van der Waals surface area contributed by atoms with Crippen molar-refractivity contribution in [2.75, 3.05) is 26.3 Å². The second kappa shape index (κ2) is 8.90. The Kier molecular flexibility index (Phi) is 7.27. The molecule has 1 aliphatic heterocycles. The number of hydrogen-bond acceptors (Lipinski definition) is 3. The van der Waals surface area contributed by atoms with Gasteiger partial charge in [0.05, 0.1) is 13.2 Å². The van der Waals surface area contributed by atoms with Crippen LogP contribution in [0.5, 0.6) is 0 Å². The predicted octanol–water partition coefficient (Wildman–Crippen LogP) is 2.28. The highest BCUT2D eigenvalue weighted by atomic mass is 16.5. The van der Waals surface area contributed by atoms with Crippen molar-refractivity contribution >= 4 is 5.78 Å². The number of benzene rings is 1. The van der Waals surface area contributed by atoms with E-state index in [2.05, 4.69) is 5.32 Å². The molecule has 1 aromatic carbocycles. The summed E-state index contributed by atoms with van der Waals surface area (Å²) in [4.78, 5) is 11.2. The Labute approximate surface area is 103 Å². The molecule has 1 heterocycles. The van der Waals surface area contributed by atoms with E-state index in [1.54, 1.807) is 0 Å². The molecule has 2 rings (SSSR count). The summed E-state index contributed by atoms with van der Waals surface area (Å²) in [6.07, 6.45) is 1.58. The standard InChI is InChI=1S/C10H12O.C4H9NO/c1-2-6-10(11)9-7-4-3-5-8-9;1-3-6-4-2-5-1/h3-5,7-8H,2,6H2,1H3;5H,1-4H2. The van der Waals surface area contributed by atoms with Gasteiger partial charge in [-0.05, 0) is 6.42 Å². The lowest BCUT2D eigenvalue weighted by Gasteiger charge is -2.10. The zero-order chi connectivity index (χ0) is 12.3. The average Bonchev–Trinajstić information content (AvgIpc) is 2.43. The first-order valence-electron chi connectivity index (χ1n) is 6.21. The van der Waals surface area contributed by atoms with Gasteiger partial charge >= 0.3 is 0 Å². The molecule has 0 spiro atoms. The third-order valence-electron chi connectivity index (χ3n) is 2.42.